The lowest BCUT2D eigenvalue weighted by Gasteiger charge is -2.27. The Morgan fingerprint density at radius 2 is 1.94 bits per heavy atom. The van der Waals surface area contributed by atoms with Gasteiger partial charge in [0, 0.05) is 18.1 Å². The monoisotopic (exact) mass is 451 g/mol. The van der Waals surface area contributed by atoms with Crippen molar-refractivity contribution in [1.29, 1.82) is 0 Å². The predicted octanol–water partition coefficient (Wildman–Crippen LogP) is 2.54. The first kappa shape index (κ1) is 24.3. The molecule has 2 aromatic rings. The van der Waals surface area contributed by atoms with Crippen LogP contribution in [0.2, 0.25) is 5.02 Å². The van der Waals surface area contributed by atoms with Crippen LogP contribution in [0.25, 0.3) is 0 Å². The molecule has 0 atom stereocenters. The summed E-state index contributed by atoms with van der Waals surface area (Å²) in [4.78, 5) is 41.6. The summed E-state index contributed by atoms with van der Waals surface area (Å²) in [6.07, 6.45) is 0. The molecule has 0 radical (unpaired) electrons. The minimum Gasteiger partial charge on any atom is -0.495 e. The highest BCUT2D eigenvalue weighted by molar-refractivity contribution is 6.31. The van der Waals surface area contributed by atoms with Gasteiger partial charge in [0.1, 0.15) is 17.3 Å². The molecule has 0 spiro atoms. The minimum absolute atomic E-state index is 0.0382. The SMILES string of the molecule is COc1ccc(Cl)cc1NC(=O)CN(CC(C)C)c1c(N)n(CC(C)C)c(=O)[nH]c1=O. The molecule has 0 saturated carbocycles. The number of nitrogens with one attached hydrogen (secondary N) is 2. The fourth-order valence-electron chi connectivity index (χ4n) is 3.25. The molecule has 0 aliphatic carbocycles. The fourth-order valence-corrected chi connectivity index (χ4v) is 3.42. The van der Waals surface area contributed by atoms with Gasteiger partial charge in [0.2, 0.25) is 5.91 Å². The Bertz CT molecular complexity index is 1050. The molecule has 170 valence electrons. The van der Waals surface area contributed by atoms with E-state index in [-0.39, 0.29) is 35.8 Å². The van der Waals surface area contributed by atoms with Crippen molar-refractivity contribution in [2.24, 2.45) is 11.8 Å². The number of nitrogens with two attached hydrogens (primary N) is 1. The molecule has 9 nitrogen and oxygen atoms in total. The molecule has 0 aliphatic heterocycles. The van der Waals surface area contributed by atoms with Crippen LogP contribution in [0.3, 0.4) is 0 Å². The van der Waals surface area contributed by atoms with E-state index in [4.69, 9.17) is 22.1 Å². The van der Waals surface area contributed by atoms with E-state index < -0.39 is 11.2 Å². The summed E-state index contributed by atoms with van der Waals surface area (Å²) in [6, 6.07) is 4.88. The highest BCUT2D eigenvalue weighted by Crippen LogP contribution is 2.28. The fraction of sp³-hybridized carbons (Fsp3) is 0.476. The maximum absolute atomic E-state index is 12.8. The van der Waals surface area contributed by atoms with Crippen LogP contribution in [0, 0.1) is 11.8 Å². The molecule has 31 heavy (non-hydrogen) atoms. The number of carbonyl (C=O) groups is 1. The number of aromatic amines is 1. The Balaban J connectivity index is 2.41. The lowest BCUT2D eigenvalue weighted by molar-refractivity contribution is -0.115. The lowest BCUT2D eigenvalue weighted by atomic mass is 10.2. The smallest absolute Gasteiger partial charge is 0.330 e. The van der Waals surface area contributed by atoms with Gasteiger partial charge in [-0.2, -0.15) is 0 Å². The average molecular weight is 452 g/mol. The van der Waals surface area contributed by atoms with Crippen molar-refractivity contribution in [3.05, 3.63) is 44.1 Å². The zero-order valence-corrected chi connectivity index (χ0v) is 19.2. The highest BCUT2D eigenvalue weighted by atomic mass is 35.5. The zero-order chi connectivity index (χ0) is 23.3. The van der Waals surface area contributed by atoms with Crippen LogP contribution >= 0.6 is 11.6 Å². The first-order chi connectivity index (χ1) is 14.5. The van der Waals surface area contributed by atoms with Gasteiger partial charge in [-0.05, 0) is 30.0 Å². The number of amides is 1. The van der Waals surface area contributed by atoms with Crippen molar-refractivity contribution in [1.82, 2.24) is 9.55 Å². The number of anilines is 3. The van der Waals surface area contributed by atoms with Gasteiger partial charge in [0.15, 0.2) is 0 Å². The normalized spacial score (nSPS) is 11.1. The average Bonchev–Trinajstić information content (AvgIpc) is 2.64. The number of H-pyrrole nitrogens is 1. The van der Waals surface area contributed by atoms with Crippen molar-refractivity contribution < 1.29 is 9.53 Å². The number of aromatic nitrogens is 2. The summed E-state index contributed by atoms with van der Waals surface area (Å²) in [6.45, 7) is 8.37. The summed E-state index contributed by atoms with van der Waals surface area (Å²) < 4.78 is 6.59. The largest absolute Gasteiger partial charge is 0.495 e. The molecule has 4 N–H and O–H groups in total. The molecule has 2 rings (SSSR count). The van der Waals surface area contributed by atoms with Gasteiger partial charge >= 0.3 is 5.69 Å². The number of carbonyl (C=O) groups excluding carboxylic acids is 1. The summed E-state index contributed by atoms with van der Waals surface area (Å²) >= 11 is 6.03. The van der Waals surface area contributed by atoms with Crippen LogP contribution in [-0.4, -0.2) is 35.7 Å². The second-order valence-corrected chi connectivity index (χ2v) is 8.60. The molecule has 0 fully saturated rings. The number of halogens is 1. The van der Waals surface area contributed by atoms with Crippen LogP contribution in [0.15, 0.2) is 27.8 Å². The van der Waals surface area contributed by atoms with Gasteiger partial charge in [-0.15, -0.1) is 0 Å². The molecule has 0 saturated heterocycles. The van der Waals surface area contributed by atoms with E-state index in [1.54, 1.807) is 23.1 Å². The van der Waals surface area contributed by atoms with E-state index in [1.165, 1.54) is 11.7 Å². The lowest BCUT2D eigenvalue weighted by Crippen LogP contribution is -2.43. The first-order valence-corrected chi connectivity index (χ1v) is 10.4. The van der Waals surface area contributed by atoms with Crippen LogP contribution in [0.1, 0.15) is 27.7 Å². The van der Waals surface area contributed by atoms with Gasteiger partial charge in [0.05, 0.1) is 19.3 Å². The Morgan fingerprint density at radius 1 is 1.26 bits per heavy atom. The van der Waals surface area contributed by atoms with E-state index in [9.17, 15) is 14.4 Å². The Hall–Kier alpha value is -2.94. The topological polar surface area (TPSA) is 122 Å². The zero-order valence-electron chi connectivity index (χ0n) is 18.5. The van der Waals surface area contributed by atoms with Crippen LogP contribution in [0.4, 0.5) is 17.2 Å². The molecule has 1 aromatic heterocycles. The number of nitrogen functional groups attached to an aromatic ring is 1. The van der Waals surface area contributed by atoms with E-state index in [0.717, 1.165) is 0 Å². The van der Waals surface area contributed by atoms with Gasteiger partial charge in [0.25, 0.3) is 5.56 Å². The molecule has 1 heterocycles. The molecule has 10 heteroatoms. The summed E-state index contributed by atoms with van der Waals surface area (Å²) in [5.41, 5.74) is 5.55. The predicted molar refractivity (Wildman–Crippen MR) is 124 cm³/mol. The van der Waals surface area contributed by atoms with Crippen LogP contribution < -0.4 is 31.9 Å². The van der Waals surface area contributed by atoms with Gasteiger partial charge in [-0.1, -0.05) is 39.3 Å². The molecule has 1 aromatic carbocycles. The van der Waals surface area contributed by atoms with Gasteiger partial charge in [-0.25, -0.2) is 4.79 Å². The van der Waals surface area contributed by atoms with Gasteiger partial charge < -0.3 is 20.7 Å². The minimum atomic E-state index is -0.628. The van der Waals surface area contributed by atoms with Gasteiger partial charge in [-0.3, -0.25) is 19.1 Å². The summed E-state index contributed by atoms with van der Waals surface area (Å²) in [5, 5.41) is 3.20. The highest BCUT2D eigenvalue weighted by Gasteiger charge is 2.22. The number of hydrogen-bond donors (Lipinski definition) is 3. The Morgan fingerprint density at radius 3 is 2.52 bits per heavy atom. The van der Waals surface area contributed by atoms with E-state index >= 15 is 0 Å². The van der Waals surface area contributed by atoms with Crippen LogP contribution in [-0.2, 0) is 11.3 Å². The first-order valence-electron chi connectivity index (χ1n) is 10.0. The van der Waals surface area contributed by atoms with E-state index in [1.807, 2.05) is 27.7 Å². The number of ether oxygens (including phenoxy) is 1. The molecular formula is C21H30ClN5O4. The van der Waals surface area contributed by atoms with Crippen molar-refractivity contribution in [3.8, 4) is 5.75 Å². The Labute approximate surface area is 186 Å². The Kier molecular flexibility index (Phi) is 8.15. The van der Waals surface area contributed by atoms with E-state index in [2.05, 4.69) is 10.3 Å². The van der Waals surface area contributed by atoms with Crippen molar-refractivity contribution >= 4 is 34.7 Å². The number of rotatable bonds is 9. The number of hydrogen-bond acceptors (Lipinski definition) is 6. The van der Waals surface area contributed by atoms with Crippen LogP contribution in [0.5, 0.6) is 5.75 Å². The number of nitrogens with zero attached hydrogens (tertiary/aromatic N) is 2. The quantitative estimate of drug-likeness (QED) is 0.538. The van der Waals surface area contributed by atoms with Crippen molar-refractivity contribution in [2.45, 2.75) is 34.2 Å². The third-order valence-electron chi connectivity index (χ3n) is 4.43. The molecule has 0 aliphatic rings. The van der Waals surface area contributed by atoms with Crippen molar-refractivity contribution in [3.63, 3.8) is 0 Å². The molecular weight excluding hydrogens is 422 g/mol. The number of benzene rings is 1. The standard InChI is InChI=1S/C21H30ClN5O4/c1-12(2)9-26(11-17(28)24-15-8-14(22)6-7-16(15)31-5)18-19(23)27(10-13(3)4)21(30)25-20(18)29/h6-8,12-13H,9-11,23H2,1-5H3,(H,24,28)(H,25,29,30). The number of methoxy groups -OCH3 is 1. The third kappa shape index (κ3) is 6.27. The maximum atomic E-state index is 12.8. The maximum Gasteiger partial charge on any atom is 0.330 e. The third-order valence-corrected chi connectivity index (χ3v) is 4.67. The van der Waals surface area contributed by atoms with Crippen molar-refractivity contribution in [2.75, 3.05) is 36.1 Å². The summed E-state index contributed by atoms with van der Waals surface area (Å²) in [5.74, 6) is 0.363. The second-order valence-electron chi connectivity index (χ2n) is 8.16. The van der Waals surface area contributed by atoms with E-state index in [0.29, 0.717) is 29.5 Å². The summed E-state index contributed by atoms with van der Waals surface area (Å²) in [7, 11) is 1.49. The second kappa shape index (κ2) is 10.4. The molecule has 0 bridgehead atoms. The molecule has 0 unspecified atom stereocenters. The molecule has 1 amide bonds.